The molecule has 1 heterocycles. The molecular weight excluding hydrogens is 188 g/mol. The molecule has 0 aliphatic carbocycles. The van der Waals surface area contributed by atoms with Crippen molar-refractivity contribution in [2.24, 2.45) is 0 Å². The van der Waals surface area contributed by atoms with Gasteiger partial charge in [0.1, 0.15) is 18.1 Å². The molecule has 0 saturated heterocycles. The number of carboxylic acids is 1. The predicted octanol–water partition coefficient (Wildman–Crippen LogP) is 0.271. The minimum Gasteiger partial charge on any atom is -0.477 e. The number of methoxy groups -OCH3 is 1. The number of hydrogen-bond donors (Lipinski definition) is 2. The van der Waals surface area contributed by atoms with Crippen molar-refractivity contribution < 1.29 is 19.4 Å². The molecule has 1 rings (SSSR count). The molecule has 0 amide bonds. The van der Waals surface area contributed by atoms with E-state index in [0.29, 0.717) is 19.0 Å². The molecule has 0 radical (unpaired) electrons. The average molecular weight is 200 g/mol. The van der Waals surface area contributed by atoms with Crippen LogP contribution in [0.4, 0.5) is 0 Å². The Bertz CT molecular complexity index is 297. The summed E-state index contributed by atoms with van der Waals surface area (Å²) in [6.45, 7) is 1.22. The van der Waals surface area contributed by atoms with E-state index in [1.807, 2.05) is 0 Å². The van der Waals surface area contributed by atoms with Crippen LogP contribution in [0, 0.1) is 0 Å². The van der Waals surface area contributed by atoms with Gasteiger partial charge in [-0.2, -0.15) is 0 Å². The van der Waals surface area contributed by atoms with Crippen LogP contribution in [0.25, 0.3) is 0 Å². The maximum absolute atomic E-state index is 10.5. The summed E-state index contributed by atoms with van der Waals surface area (Å²) in [5, 5.41) is 8.58. The maximum atomic E-state index is 10.5. The van der Waals surface area contributed by atoms with Gasteiger partial charge in [-0.25, -0.2) is 9.78 Å². The zero-order valence-corrected chi connectivity index (χ0v) is 7.82. The summed E-state index contributed by atoms with van der Waals surface area (Å²) in [5.41, 5.74) is 0.0651. The van der Waals surface area contributed by atoms with E-state index in [0.717, 1.165) is 0 Å². The van der Waals surface area contributed by atoms with Crippen LogP contribution in [0.3, 0.4) is 0 Å². The lowest BCUT2D eigenvalue weighted by atomic mass is 10.5. The third kappa shape index (κ3) is 3.15. The molecule has 2 N–H and O–H groups in total. The van der Waals surface area contributed by atoms with Crippen LogP contribution in [0.15, 0.2) is 6.20 Å². The van der Waals surface area contributed by atoms with Gasteiger partial charge < -0.3 is 19.6 Å². The number of nitrogens with zero attached hydrogens (tertiary/aromatic N) is 1. The highest BCUT2D eigenvalue weighted by atomic mass is 16.5. The Kier molecular flexibility index (Phi) is 4.09. The molecule has 0 aliphatic heterocycles. The Morgan fingerprint density at radius 1 is 1.64 bits per heavy atom. The van der Waals surface area contributed by atoms with Crippen LogP contribution in [0.5, 0.6) is 0 Å². The number of carboxylic acid groups (broad SMARTS) is 1. The highest BCUT2D eigenvalue weighted by Crippen LogP contribution is 1.98. The second-order valence-electron chi connectivity index (χ2n) is 2.59. The second-order valence-corrected chi connectivity index (χ2v) is 2.59. The fourth-order valence-electron chi connectivity index (χ4n) is 0.856. The van der Waals surface area contributed by atoms with Gasteiger partial charge in [0, 0.05) is 7.11 Å². The van der Waals surface area contributed by atoms with E-state index in [4.69, 9.17) is 14.6 Å². The molecule has 6 nitrogen and oxygen atoms in total. The third-order valence-corrected chi connectivity index (χ3v) is 1.53. The second kappa shape index (κ2) is 5.36. The molecule has 0 aromatic carbocycles. The quantitative estimate of drug-likeness (QED) is 0.644. The summed E-state index contributed by atoms with van der Waals surface area (Å²) in [4.78, 5) is 16.9. The molecule has 0 atom stereocenters. The SMILES string of the molecule is COCCOCc1ncc(C(=O)O)[nH]1. The zero-order chi connectivity index (χ0) is 10.4. The van der Waals surface area contributed by atoms with Crippen molar-refractivity contribution in [3.63, 3.8) is 0 Å². The number of aromatic nitrogens is 2. The number of hydrogen-bond acceptors (Lipinski definition) is 4. The van der Waals surface area contributed by atoms with Gasteiger partial charge in [0.2, 0.25) is 0 Å². The Morgan fingerprint density at radius 3 is 3.00 bits per heavy atom. The van der Waals surface area contributed by atoms with Gasteiger partial charge in [0.05, 0.1) is 19.4 Å². The molecule has 0 unspecified atom stereocenters. The van der Waals surface area contributed by atoms with E-state index in [1.54, 1.807) is 7.11 Å². The Labute approximate surface area is 80.9 Å². The fraction of sp³-hybridized carbons (Fsp3) is 0.500. The number of aromatic amines is 1. The number of rotatable bonds is 6. The third-order valence-electron chi connectivity index (χ3n) is 1.53. The fourth-order valence-corrected chi connectivity index (χ4v) is 0.856. The number of nitrogens with one attached hydrogen (secondary N) is 1. The van der Waals surface area contributed by atoms with Gasteiger partial charge in [0.25, 0.3) is 0 Å². The molecule has 6 heteroatoms. The zero-order valence-electron chi connectivity index (χ0n) is 7.82. The van der Waals surface area contributed by atoms with Crippen LogP contribution >= 0.6 is 0 Å². The molecular formula is C8H12N2O4. The van der Waals surface area contributed by atoms with Gasteiger partial charge in [-0.3, -0.25) is 0 Å². The molecule has 0 spiro atoms. The first-order valence-corrected chi connectivity index (χ1v) is 4.08. The van der Waals surface area contributed by atoms with Gasteiger partial charge >= 0.3 is 5.97 Å². The van der Waals surface area contributed by atoms with Crippen LogP contribution in [-0.2, 0) is 16.1 Å². The predicted molar refractivity (Wildman–Crippen MR) is 47.1 cm³/mol. The van der Waals surface area contributed by atoms with Crippen molar-refractivity contribution in [2.45, 2.75) is 6.61 Å². The van der Waals surface area contributed by atoms with E-state index in [9.17, 15) is 4.79 Å². The maximum Gasteiger partial charge on any atom is 0.353 e. The Balaban J connectivity index is 2.33. The molecule has 1 aromatic heterocycles. The topological polar surface area (TPSA) is 84.4 Å². The van der Waals surface area contributed by atoms with Gasteiger partial charge in [-0.1, -0.05) is 0 Å². The number of aromatic carboxylic acids is 1. The normalized spacial score (nSPS) is 10.4. The molecule has 14 heavy (non-hydrogen) atoms. The highest BCUT2D eigenvalue weighted by Gasteiger charge is 2.06. The van der Waals surface area contributed by atoms with Crippen molar-refractivity contribution in [1.82, 2.24) is 9.97 Å². The van der Waals surface area contributed by atoms with Crippen molar-refractivity contribution >= 4 is 5.97 Å². The summed E-state index contributed by atoms with van der Waals surface area (Å²) >= 11 is 0. The molecule has 0 saturated carbocycles. The molecule has 0 bridgehead atoms. The summed E-state index contributed by atoms with van der Waals surface area (Å²) in [7, 11) is 1.58. The number of carbonyl (C=O) groups is 1. The first kappa shape index (κ1) is 10.7. The van der Waals surface area contributed by atoms with Crippen molar-refractivity contribution in [3.05, 3.63) is 17.7 Å². The highest BCUT2D eigenvalue weighted by molar-refractivity contribution is 5.84. The smallest absolute Gasteiger partial charge is 0.353 e. The summed E-state index contributed by atoms with van der Waals surface area (Å²) in [5.74, 6) is -0.529. The minimum absolute atomic E-state index is 0.0651. The Morgan fingerprint density at radius 2 is 2.43 bits per heavy atom. The van der Waals surface area contributed by atoms with Crippen LogP contribution in [0.2, 0.25) is 0 Å². The van der Waals surface area contributed by atoms with E-state index in [2.05, 4.69) is 9.97 Å². The lowest BCUT2D eigenvalue weighted by Gasteiger charge is -1.99. The molecule has 0 fully saturated rings. The van der Waals surface area contributed by atoms with E-state index in [1.165, 1.54) is 6.20 Å². The minimum atomic E-state index is -1.03. The van der Waals surface area contributed by atoms with Crippen molar-refractivity contribution in [3.8, 4) is 0 Å². The standard InChI is InChI=1S/C8H12N2O4/c1-13-2-3-14-5-7-9-4-6(10-7)8(11)12/h4H,2-3,5H2,1H3,(H,9,10)(H,11,12). The van der Waals surface area contributed by atoms with Crippen molar-refractivity contribution in [2.75, 3.05) is 20.3 Å². The summed E-state index contributed by atoms with van der Waals surface area (Å²) in [6, 6.07) is 0. The van der Waals surface area contributed by atoms with E-state index in [-0.39, 0.29) is 12.3 Å². The molecule has 1 aromatic rings. The van der Waals surface area contributed by atoms with Gasteiger partial charge in [-0.15, -0.1) is 0 Å². The van der Waals surface area contributed by atoms with E-state index >= 15 is 0 Å². The largest absolute Gasteiger partial charge is 0.477 e. The first-order valence-electron chi connectivity index (χ1n) is 4.08. The lowest BCUT2D eigenvalue weighted by Crippen LogP contribution is -2.03. The Hall–Kier alpha value is -1.40. The summed E-state index contributed by atoms with van der Waals surface area (Å²) in [6.07, 6.45) is 1.26. The number of H-pyrrole nitrogens is 1. The van der Waals surface area contributed by atoms with Crippen LogP contribution in [-0.4, -0.2) is 41.4 Å². The van der Waals surface area contributed by atoms with Crippen LogP contribution < -0.4 is 0 Å². The monoisotopic (exact) mass is 200 g/mol. The first-order chi connectivity index (χ1) is 6.74. The van der Waals surface area contributed by atoms with Crippen molar-refractivity contribution in [1.29, 1.82) is 0 Å². The summed E-state index contributed by atoms with van der Waals surface area (Å²) < 4.78 is 9.91. The van der Waals surface area contributed by atoms with Gasteiger partial charge in [-0.05, 0) is 0 Å². The molecule has 78 valence electrons. The lowest BCUT2D eigenvalue weighted by molar-refractivity contribution is 0.0586. The average Bonchev–Trinajstić information content (AvgIpc) is 2.61. The molecule has 0 aliphatic rings. The van der Waals surface area contributed by atoms with E-state index < -0.39 is 5.97 Å². The number of ether oxygens (including phenoxy) is 2. The van der Waals surface area contributed by atoms with Crippen LogP contribution in [0.1, 0.15) is 16.3 Å². The number of imidazole rings is 1. The van der Waals surface area contributed by atoms with Gasteiger partial charge in [0.15, 0.2) is 0 Å².